The number of benzene rings is 1. The summed E-state index contributed by atoms with van der Waals surface area (Å²) in [6.45, 7) is 2.50. The van der Waals surface area contributed by atoms with Crippen LogP contribution in [0.15, 0.2) is 18.2 Å². The molecule has 1 amide bonds. The van der Waals surface area contributed by atoms with Gasteiger partial charge in [0.1, 0.15) is 5.75 Å². The lowest BCUT2D eigenvalue weighted by Crippen LogP contribution is -2.30. The Morgan fingerprint density at radius 2 is 2.10 bits per heavy atom. The van der Waals surface area contributed by atoms with Crippen molar-refractivity contribution in [1.82, 2.24) is 4.90 Å². The lowest BCUT2D eigenvalue weighted by atomic mass is 10.2. The van der Waals surface area contributed by atoms with Crippen LogP contribution in [0.1, 0.15) is 19.8 Å². The van der Waals surface area contributed by atoms with Crippen molar-refractivity contribution in [2.45, 2.75) is 25.9 Å². The quantitative estimate of drug-likeness (QED) is 0.840. The molecule has 0 aliphatic heterocycles. The van der Waals surface area contributed by atoms with E-state index in [4.69, 9.17) is 27.9 Å². The number of halogens is 2. The Labute approximate surface area is 129 Å². The molecular formula is C14H19Cl2NO3. The Morgan fingerprint density at radius 3 is 2.70 bits per heavy atom. The van der Waals surface area contributed by atoms with Crippen molar-refractivity contribution in [3.05, 3.63) is 28.2 Å². The van der Waals surface area contributed by atoms with Crippen LogP contribution in [-0.4, -0.2) is 42.2 Å². The maximum atomic E-state index is 11.8. The second-order valence-corrected chi connectivity index (χ2v) is 5.44. The Balaban J connectivity index is 2.32. The van der Waals surface area contributed by atoms with Crippen LogP contribution >= 0.6 is 23.2 Å². The lowest BCUT2D eigenvalue weighted by Gasteiger charge is -2.18. The Morgan fingerprint density at radius 1 is 1.40 bits per heavy atom. The maximum Gasteiger partial charge on any atom is 0.225 e. The van der Waals surface area contributed by atoms with Crippen molar-refractivity contribution < 1.29 is 14.6 Å². The zero-order valence-electron chi connectivity index (χ0n) is 11.6. The predicted molar refractivity (Wildman–Crippen MR) is 80.5 cm³/mol. The van der Waals surface area contributed by atoms with Crippen LogP contribution in [0.5, 0.6) is 5.75 Å². The minimum atomic E-state index is -0.405. The summed E-state index contributed by atoms with van der Waals surface area (Å²) in [5.41, 5.74) is 0. The van der Waals surface area contributed by atoms with Crippen LogP contribution in [-0.2, 0) is 4.79 Å². The summed E-state index contributed by atoms with van der Waals surface area (Å²) in [6.07, 6.45) is 0.435. The van der Waals surface area contributed by atoms with E-state index in [1.165, 1.54) is 0 Å². The molecule has 1 N–H and O–H groups in total. The van der Waals surface area contributed by atoms with Gasteiger partial charge in [-0.2, -0.15) is 0 Å². The van der Waals surface area contributed by atoms with E-state index in [9.17, 15) is 9.90 Å². The molecule has 0 radical (unpaired) electrons. The molecule has 0 saturated heterocycles. The molecule has 6 heteroatoms. The predicted octanol–water partition coefficient (Wildman–Crippen LogP) is 2.99. The van der Waals surface area contributed by atoms with Gasteiger partial charge in [0, 0.05) is 19.7 Å². The lowest BCUT2D eigenvalue weighted by molar-refractivity contribution is -0.130. The molecule has 0 saturated carbocycles. The van der Waals surface area contributed by atoms with Crippen molar-refractivity contribution >= 4 is 29.1 Å². The summed E-state index contributed by atoms with van der Waals surface area (Å²) < 4.78 is 5.45. The molecule has 0 aliphatic rings. The number of carbonyl (C=O) groups is 1. The van der Waals surface area contributed by atoms with Gasteiger partial charge < -0.3 is 14.7 Å². The summed E-state index contributed by atoms with van der Waals surface area (Å²) >= 11 is 11.7. The molecule has 112 valence electrons. The summed E-state index contributed by atoms with van der Waals surface area (Å²) in [5.74, 6) is 0.560. The minimum absolute atomic E-state index is 0.0225. The van der Waals surface area contributed by atoms with Gasteiger partial charge in [-0.25, -0.2) is 0 Å². The van der Waals surface area contributed by atoms with Gasteiger partial charge in [0.15, 0.2) is 0 Å². The van der Waals surface area contributed by atoms with Crippen molar-refractivity contribution in [2.24, 2.45) is 0 Å². The first-order valence-electron chi connectivity index (χ1n) is 6.40. The van der Waals surface area contributed by atoms with Crippen molar-refractivity contribution in [3.8, 4) is 5.75 Å². The topological polar surface area (TPSA) is 49.8 Å². The summed E-state index contributed by atoms with van der Waals surface area (Å²) in [5, 5.41) is 10.1. The van der Waals surface area contributed by atoms with E-state index in [0.29, 0.717) is 28.8 Å². The highest BCUT2D eigenvalue weighted by atomic mass is 35.5. The van der Waals surface area contributed by atoms with E-state index in [1.54, 1.807) is 37.1 Å². The van der Waals surface area contributed by atoms with Gasteiger partial charge in [-0.3, -0.25) is 4.79 Å². The number of aliphatic hydroxyl groups excluding tert-OH is 1. The highest BCUT2D eigenvalue weighted by molar-refractivity contribution is 6.42. The zero-order chi connectivity index (χ0) is 15.1. The van der Waals surface area contributed by atoms with Gasteiger partial charge in [-0.05, 0) is 25.5 Å². The van der Waals surface area contributed by atoms with E-state index in [1.807, 2.05) is 0 Å². The number of aliphatic hydroxyl groups is 1. The molecule has 1 unspecified atom stereocenters. The molecule has 0 fully saturated rings. The average molecular weight is 320 g/mol. The summed E-state index contributed by atoms with van der Waals surface area (Å²) in [6, 6.07) is 4.97. The van der Waals surface area contributed by atoms with Gasteiger partial charge in [-0.1, -0.05) is 23.2 Å². The molecule has 1 rings (SSSR count). The normalized spacial score (nSPS) is 12.1. The van der Waals surface area contributed by atoms with Crippen LogP contribution in [0.4, 0.5) is 0 Å². The molecule has 1 atom stereocenters. The third-order valence-electron chi connectivity index (χ3n) is 2.78. The van der Waals surface area contributed by atoms with Crippen molar-refractivity contribution in [1.29, 1.82) is 0 Å². The van der Waals surface area contributed by atoms with Crippen LogP contribution in [0.2, 0.25) is 10.0 Å². The molecular weight excluding hydrogens is 301 g/mol. The molecule has 0 heterocycles. The second kappa shape index (κ2) is 8.35. The van der Waals surface area contributed by atoms with Crippen molar-refractivity contribution in [2.75, 3.05) is 20.2 Å². The fourth-order valence-corrected chi connectivity index (χ4v) is 1.81. The molecule has 0 aromatic heterocycles. The highest BCUT2D eigenvalue weighted by Gasteiger charge is 2.10. The van der Waals surface area contributed by atoms with Gasteiger partial charge in [-0.15, -0.1) is 0 Å². The van der Waals surface area contributed by atoms with E-state index in [2.05, 4.69) is 0 Å². The van der Waals surface area contributed by atoms with Crippen molar-refractivity contribution in [3.63, 3.8) is 0 Å². The monoisotopic (exact) mass is 319 g/mol. The first kappa shape index (κ1) is 17.1. The maximum absolute atomic E-state index is 11.8. The van der Waals surface area contributed by atoms with Crippen LogP contribution in [0, 0.1) is 0 Å². The number of hydrogen-bond acceptors (Lipinski definition) is 3. The van der Waals surface area contributed by atoms with E-state index in [0.717, 1.165) is 0 Å². The number of rotatable bonds is 7. The fraction of sp³-hybridized carbons (Fsp3) is 0.500. The van der Waals surface area contributed by atoms with Crippen LogP contribution < -0.4 is 4.74 Å². The van der Waals surface area contributed by atoms with Crippen LogP contribution in [0.3, 0.4) is 0 Å². The van der Waals surface area contributed by atoms with Gasteiger partial charge in [0.2, 0.25) is 5.91 Å². The molecule has 4 nitrogen and oxygen atoms in total. The largest absolute Gasteiger partial charge is 0.493 e. The smallest absolute Gasteiger partial charge is 0.225 e. The zero-order valence-corrected chi connectivity index (χ0v) is 13.1. The Kier molecular flexibility index (Phi) is 7.13. The number of amides is 1. The third-order valence-corrected chi connectivity index (χ3v) is 3.52. The number of ether oxygens (including phenoxy) is 1. The Hall–Kier alpha value is -0.970. The number of hydrogen-bond donors (Lipinski definition) is 1. The highest BCUT2D eigenvalue weighted by Crippen LogP contribution is 2.26. The number of carbonyl (C=O) groups excluding carboxylic acids is 1. The average Bonchev–Trinajstić information content (AvgIpc) is 2.39. The Bertz CT molecular complexity index is 452. The molecule has 0 bridgehead atoms. The molecule has 1 aromatic carbocycles. The fourth-order valence-electron chi connectivity index (χ4n) is 1.52. The summed E-state index contributed by atoms with van der Waals surface area (Å²) in [4.78, 5) is 13.4. The van der Waals surface area contributed by atoms with E-state index < -0.39 is 6.10 Å². The first-order chi connectivity index (χ1) is 9.40. The van der Waals surface area contributed by atoms with Gasteiger partial charge in [0.25, 0.3) is 0 Å². The third kappa shape index (κ3) is 5.99. The second-order valence-electron chi connectivity index (χ2n) is 4.63. The van der Waals surface area contributed by atoms with Crippen LogP contribution in [0.25, 0.3) is 0 Å². The SMILES string of the molecule is CC(O)CCN(C)C(=O)CCOc1ccc(Cl)c(Cl)c1. The standard InChI is InChI=1S/C14H19Cl2NO3/c1-10(18)5-7-17(2)14(19)6-8-20-11-3-4-12(15)13(16)9-11/h3-4,9-10,18H,5-8H2,1-2H3. The van der Waals surface area contributed by atoms with Gasteiger partial charge in [0.05, 0.1) is 29.2 Å². The number of nitrogens with zero attached hydrogens (tertiary/aromatic N) is 1. The minimum Gasteiger partial charge on any atom is -0.493 e. The molecule has 0 spiro atoms. The van der Waals surface area contributed by atoms with Gasteiger partial charge >= 0.3 is 0 Å². The summed E-state index contributed by atoms with van der Waals surface area (Å²) in [7, 11) is 1.71. The molecule has 0 aliphatic carbocycles. The molecule has 1 aromatic rings. The van der Waals surface area contributed by atoms with E-state index in [-0.39, 0.29) is 18.9 Å². The first-order valence-corrected chi connectivity index (χ1v) is 7.15. The van der Waals surface area contributed by atoms with E-state index >= 15 is 0 Å². The molecule has 20 heavy (non-hydrogen) atoms.